The van der Waals surface area contributed by atoms with E-state index in [4.69, 9.17) is 21.1 Å². The lowest BCUT2D eigenvalue weighted by Crippen LogP contribution is -2.48. The van der Waals surface area contributed by atoms with Gasteiger partial charge in [0, 0.05) is 31.8 Å². The van der Waals surface area contributed by atoms with Crippen molar-refractivity contribution in [3.8, 4) is 0 Å². The van der Waals surface area contributed by atoms with E-state index in [1.165, 1.54) is 0 Å². The van der Waals surface area contributed by atoms with E-state index in [0.29, 0.717) is 35.9 Å². The van der Waals surface area contributed by atoms with Crippen molar-refractivity contribution < 1.29 is 19.1 Å². The number of nitrogens with zero attached hydrogens (tertiary/aromatic N) is 4. The normalized spacial score (nSPS) is 16.5. The number of methoxy groups -OCH3 is 1. The van der Waals surface area contributed by atoms with E-state index in [2.05, 4.69) is 15.6 Å². The van der Waals surface area contributed by atoms with E-state index >= 15 is 0 Å². The SMILES string of the molecule is COCCNC(=O)[C@H](c1ccc(Cl)cc1)N(C[C@@H]1CCCO1)C(=O)Cn1nnc2ccccc21. The number of hydrogen-bond acceptors (Lipinski definition) is 6. The van der Waals surface area contributed by atoms with Gasteiger partial charge < -0.3 is 19.7 Å². The predicted molar refractivity (Wildman–Crippen MR) is 127 cm³/mol. The minimum Gasteiger partial charge on any atom is -0.383 e. The van der Waals surface area contributed by atoms with E-state index in [-0.39, 0.29) is 31.0 Å². The third-order valence-electron chi connectivity index (χ3n) is 5.80. The molecular weight excluding hydrogens is 458 g/mol. The number of halogens is 1. The lowest BCUT2D eigenvalue weighted by molar-refractivity contribution is -0.143. The van der Waals surface area contributed by atoms with E-state index in [9.17, 15) is 9.59 Å². The second-order valence-electron chi connectivity index (χ2n) is 8.15. The van der Waals surface area contributed by atoms with Crippen LogP contribution in [0.1, 0.15) is 24.4 Å². The van der Waals surface area contributed by atoms with Gasteiger partial charge in [-0.3, -0.25) is 9.59 Å². The number of aromatic nitrogens is 3. The van der Waals surface area contributed by atoms with Gasteiger partial charge in [-0.1, -0.05) is 41.1 Å². The number of nitrogens with one attached hydrogen (secondary N) is 1. The molecule has 0 unspecified atom stereocenters. The minimum absolute atomic E-state index is 0.0529. The monoisotopic (exact) mass is 485 g/mol. The van der Waals surface area contributed by atoms with Crippen LogP contribution in [-0.2, 0) is 25.6 Å². The average molecular weight is 486 g/mol. The maximum atomic E-state index is 13.7. The number of benzene rings is 2. The Morgan fingerprint density at radius 2 is 2.06 bits per heavy atom. The average Bonchev–Trinajstić information content (AvgIpc) is 3.50. The van der Waals surface area contributed by atoms with Gasteiger partial charge in [0.15, 0.2) is 0 Å². The van der Waals surface area contributed by atoms with Gasteiger partial charge in [0.05, 0.1) is 18.2 Å². The maximum absolute atomic E-state index is 13.7. The molecule has 180 valence electrons. The quantitative estimate of drug-likeness (QED) is 0.443. The highest BCUT2D eigenvalue weighted by Gasteiger charge is 2.34. The van der Waals surface area contributed by atoms with Gasteiger partial charge in [0.1, 0.15) is 18.1 Å². The molecule has 2 atom stereocenters. The Labute approximate surface area is 203 Å². The number of hydrogen-bond donors (Lipinski definition) is 1. The number of fused-ring (bicyclic) bond motifs is 1. The van der Waals surface area contributed by atoms with Gasteiger partial charge in [0.2, 0.25) is 11.8 Å². The summed E-state index contributed by atoms with van der Waals surface area (Å²) in [4.78, 5) is 28.7. The maximum Gasteiger partial charge on any atom is 0.247 e. The van der Waals surface area contributed by atoms with Crippen LogP contribution in [0.25, 0.3) is 11.0 Å². The van der Waals surface area contributed by atoms with Crippen molar-refractivity contribution in [2.24, 2.45) is 0 Å². The van der Waals surface area contributed by atoms with Crippen molar-refractivity contribution in [3.63, 3.8) is 0 Å². The molecule has 2 aromatic carbocycles. The molecule has 1 N–H and O–H groups in total. The number of rotatable bonds is 10. The Bertz CT molecular complexity index is 1110. The van der Waals surface area contributed by atoms with E-state index in [0.717, 1.165) is 18.4 Å². The summed E-state index contributed by atoms with van der Waals surface area (Å²) in [5.74, 6) is -0.554. The van der Waals surface area contributed by atoms with Crippen molar-refractivity contribution in [1.82, 2.24) is 25.2 Å². The summed E-state index contributed by atoms with van der Waals surface area (Å²) in [5, 5.41) is 11.7. The third-order valence-corrected chi connectivity index (χ3v) is 6.05. The fourth-order valence-corrected chi connectivity index (χ4v) is 4.23. The molecule has 3 aromatic rings. The molecule has 1 aromatic heterocycles. The molecule has 4 rings (SSSR count). The van der Waals surface area contributed by atoms with Crippen LogP contribution in [0, 0.1) is 0 Å². The molecule has 0 saturated carbocycles. The second kappa shape index (κ2) is 11.4. The van der Waals surface area contributed by atoms with Gasteiger partial charge in [-0.05, 0) is 42.7 Å². The van der Waals surface area contributed by atoms with E-state index in [1.54, 1.807) is 41.0 Å². The zero-order valence-electron chi connectivity index (χ0n) is 19.0. The Morgan fingerprint density at radius 3 is 2.79 bits per heavy atom. The van der Waals surface area contributed by atoms with E-state index < -0.39 is 6.04 Å². The highest BCUT2D eigenvalue weighted by atomic mass is 35.5. The smallest absolute Gasteiger partial charge is 0.247 e. The summed E-state index contributed by atoms with van der Waals surface area (Å²) in [6, 6.07) is 13.5. The number of carbonyl (C=O) groups is 2. The van der Waals surface area contributed by atoms with Crippen molar-refractivity contribution in [2.45, 2.75) is 31.5 Å². The molecule has 2 amide bonds. The van der Waals surface area contributed by atoms with Crippen molar-refractivity contribution in [1.29, 1.82) is 0 Å². The highest BCUT2D eigenvalue weighted by Crippen LogP contribution is 2.26. The Hall–Kier alpha value is -3.01. The molecule has 0 aliphatic carbocycles. The van der Waals surface area contributed by atoms with Crippen molar-refractivity contribution in [2.75, 3.05) is 33.4 Å². The molecule has 1 aliphatic rings. The standard InChI is InChI=1S/C24H28ClN5O4/c1-33-14-12-26-24(32)23(17-8-10-18(25)11-9-17)29(15-19-5-4-13-34-19)22(31)16-30-21-7-3-2-6-20(21)27-28-30/h2-3,6-11,19,23H,4-5,12-16H2,1H3,(H,26,32)/t19-,23-/m0/s1. The number of ether oxygens (including phenoxy) is 2. The summed E-state index contributed by atoms with van der Waals surface area (Å²) in [5.41, 5.74) is 2.11. The van der Waals surface area contributed by atoms with Crippen LogP contribution < -0.4 is 5.32 Å². The summed E-state index contributed by atoms with van der Waals surface area (Å²) in [7, 11) is 1.57. The first-order chi connectivity index (χ1) is 16.6. The topological polar surface area (TPSA) is 98.6 Å². The fourth-order valence-electron chi connectivity index (χ4n) is 4.10. The molecule has 34 heavy (non-hydrogen) atoms. The van der Waals surface area contributed by atoms with Gasteiger partial charge in [-0.15, -0.1) is 5.10 Å². The van der Waals surface area contributed by atoms with Gasteiger partial charge >= 0.3 is 0 Å². The minimum atomic E-state index is -0.861. The van der Waals surface area contributed by atoms with Crippen LogP contribution in [0.2, 0.25) is 5.02 Å². The van der Waals surface area contributed by atoms with Crippen LogP contribution in [0.3, 0.4) is 0 Å². The third kappa shape index (κ3) is 5.72. The molecule has 0 bridgehead atoms. The summed E-state index contributed by atoms with van der Waals surface area (Å²) in [6.07, 6.45) is 1.61. The first kappa shape index (κ1) is 24.1. The lowest BCUT2D eigenvalue weighted by Gasteiger charge is -2.33. The molecule has 2 heterocycles. The zero-order valence-corrected chi connectivity index (χ0v) is 19.8. The summed E-state index contributed by atoms with van der Waals surface area (Å²) < 4.78 is 12.4. The molecule has 10 heteroatoms. The second-order valence-corrected chi connectivity index (χ2v) is 8.59. The van der Waals surface area contributed by atoms with Gasteiger partial charge in [-0.25, -0.2) is 4.68 Å². The zero-order chi connectivity index (χ0) is 23.9. The molecule has 0 radical (unpaired) electrons. The molecule has 1 aliphatic heterocycles. The highest BCUT2D eigenvalue weighted by molar-refractivity contribution is 6.30. The lowest BCUT2D eigenvalue weighted by atomic mass is 10.0. The van der Waals surface area contributed by atoms with Crippen LogP contribution in [0.15, 0.2) is 48.5 Å². The van der Waals surface area contributed by atoms with Gasteiger partial charge in [-0.2, -0.15) is 0 Å². The summed E-state index contributed by atoms with van der Waals surface area (Å²) >= 11 is 6.09. The summed E-state index contributed by atoms with van der Waals surface area (Å²) in [6.45, 7) is 1.57. The van der Waals surface area contributed by atoms with Crippen molar-refractivity contribution >= 4 is 34.4 Å². The number of para-hydroxylation sites is 1. The first-order valence-electron chi connectivity index (χ1n) is 11.3. The van der Waals surface area contributed by atoms with E-state index in [1.807, 2.05) is 24.3 Å². The molecular formula is C24H28ClN5O4. The predicted octanol–water partition coefficient (Wildman–Crippen LogP) is 2.60. The van der Waals surface area contributed by atoms with Crippen LogP contribution in [0.5, 0.6) is 0 Å². The molecule has 1 saturated heterocycles. The Morgan fingerprint density at radius 1 is 1.26 bits per heavy atom. The first-order valence-corrected chi connectivity index (χ1v) is 11.7. The fraction of sp³-hybridized carbons (Fsp3) is 0.417. The van der Waals surface area contributed by atoms with Crippen molar-refractivity contribution in [3.05, 3.63) is 59.1 Å². The van der Waals surface area contributed by atoms with Crippen LogP contribution in [-0.4, -0.2) is 71.2 Å². The molecule has 0 spiro atoms. The number of amides is 2. The Balaban J connectivity index is 1.66. The Kier molecular flexibility index (Phi) is 8.10. The van der Waals surface area contributed by atoms with Gasteiger partial charge in [0.25, 0.3) is 0 Å². The van der Waals surface area contributed by atoms with Crippen LogP contribution in [0.4, 0.5) is 0 Å². The van der Waals surface area contributed by atoms with Crippen LogP contribution >= 0.6 is 11.6 Å². The molecule has 9 nitrogen and oxygen atoms in total. The molecule has 1 fully saturated rings. The number of carbonyl (C=O) groups excluding carboxylic acids is 2. The largest absolute Gasteiger partial charge is 0.383 e.